The van der Waals surface area contributed by atoms with Gasteiger partial charge in [-0.2, -0.15) is 0 Å². The third kappa shape index (κ3) is 15.7. The van der Waals surface area contributed by atoms with Gasteiger partial charge in [0.05, 0.1) is 46.2 Å². The fourth-order valence-electron chi connectivity index (χ4n) is 0.885. The first-order valence-electron chi connectivity index (χ1n) is 5.87. The Balaban J connectivity index is 2.86. The molecule has 0 fully saturated rings. The number of ether oxygens (including phenoxy) is 5. The Morgan fingerprint density at radius 1 is 0.500 bits per heavy atom. The second kappa shape index (κ2) is 16.7. The highest BCUT2D eigenvalue weighted by Crippen LogP contribution is 1.84. The summed E-state index contributed by atoms with van der Waals surface area (Å²) < 4.78 is 25.0. The van der Waals surface area contributed by atoms with Crippen molar-refractivity contribution < 1.29 is 33.5 Å². The molecule has 0 saturated carbocycles. The molecule has 0 aromatic carbocycles. The zero-order valence-electron chi connectivity index (χ0n) is 11.2. The van der Waals surface area contributed by atoms with Gasteiger partial charge in [0.1, 0.15) is 6.61 Å². The maximum Gasteiger partial charge on any atom is 0.180 e. The van der Waals surface area contributed by atoms with Crippen LogP contribution in [0.5, 0.6) is 0 Å². The normalized spacial score (nSPS) is 11.0. The minimum atomic E-state index is 0.0751. The molecular weight excluding hydrogens is 244 g/mol. The van der Waals surface area contributed by atoms with Crippen LogP contribution in [0.2, 0.25) is 0 Å². The van der Waals surface area contributed by atoms with Crippen LogP contribution in [-0.4, -0.2) is 73.9 Å². The Bertz CT molecular complexity index is 129. The molecule has 7 nitrogen and oxygen atoms in total. The molecule has 0 aromatic rings. The van der Waals surface area contributed by atoms with Crippen molar-refractivity contribution >= 4 is 0 Å². The molecule has 0 heterocycles. The monoisotopic (exact) mass is 268 g/mol. The Morgan fingerprint density at radius 2 is 1.00 bits per heavy atom. The molecular formula is C11H24O7. The highest BCUT2D eigenvalue weighted by molar-refractivity contribution is 4.29. The van der Waals surface area contributed by atoms with Crippen molar-refractivity contribution in [2.24, 2.45) is 0 Å². The number of rotatable bonds is 15. The van der Waals surface area contributed by atoms with Crippen LogP contribution in [0.25, 0.3) is 0 Å². The standard InChI is InChI=1S/C11H24O7/c1-12-3-5-14-7-8-16-11-18-17-10-9-15-6-4-13-2/h3-11H2,1-2H3. The lowest BCUT2D eigenvalue weighted by molar-refractivity contribution is -0.340. The molecule has 0 N–H and O–H groups in total. The molecule has 0 radical (unpaired) electrons. The van der Waals surface area contributed by atoms with Crippen LogP contribution in [0.4, 0.5) is 0 Å². The lowest BCUT2D eigenvalue weighted by Gasteiger charge is -2.06. The van der Waals surface area contributed by atoms with Gasteiger partial charge in [-0.05, 0) is 0 Å². The summed E-state index contributed by atoms with van der Waals surface area (Å²) in [6.07, 6.45) is 0. The molecule has 0 unspecified atom stereocenters. The molecule has 0 aliphatic rings. The molecule has 0 atom stereocenters. The molecule has 0 aliphatic heterocycles. The predicted octanol–water partition coefficient (Wildman–Crippen LogP) is 0.235. The van der Waals surface area contributed by atoms with Crippen LogP contribution in [0.1, 0.15) is 0 Å². The topological polar surface area (TPSA) is 64.6 Å². The lowest BCUT2D eigenvalue weighted by Crippen LogP contribution is -2.12. The highest BCUT2D eigenvalue weighted by atomic mass is 17.2. The second-order valence-corrected chi connectivity index (χ2v) is 3.18. The Hall–Kier alpha value is -0.280. The van der Waals surface area contributed by atoms with Crippen LogP contribution < -0.4 is 0 Å². The van der Waals surface area contributed by atoms with Gasteiger partial charge in [-0.1, -0.05) is 0 Å². The minimum absolute atomic E-state index is 0.0751. The molecule has 7 heteroatoms. The predicted molar refractivity (Wildman–Crippen MR) is 63.2 cm³/mol. The van der Waals surface area contributed by atoms with E-state index in [1.165, 1.54) is 0 Å². The highest BCUT2D eigenvalue weighted by Gasteiger charge is 1.92. The molecule has 0 spiro atoms. The van der Waals surface area contributed by atoms with Crippen molar-refractivity contribution in [2.75, 3.05) is 73.9 Å². The van der Waals surface area contributed by atoms with Gasteiger partial charge in [-0.15, -0.1) is 0 Å². The van der Waals surface area contributed by atoms with Gasteiger partial charge in [0.2, 0.25) is 0 Å². The van der Waals surface area contributed by atoms with E-state index < -0.39 is 0 Å². The van der Waals surface area contributed by atoms with E-state index in [1.54, 1.807) is 14.2 Å². The van der Waals surface area contributed by atoms with Crippen molar-refractivity contribution in [3.05, 3.63) is 0 Å². The van der Waals surface area contributed by atoms with Gasteiger partial charge in [-0.3, -0.25) is 0 Å². The molecule has 0 saturated heterocycles. The molecule has 0 bridgehead atoms. The third-order valence-electron chi connectivity index (χ3n) is 1.76. The molecule has 0 aromatic heterocycles. The van der Waals surface area contributed by atoms with Crippen LogP contribution in [0.3, 0.4) is 0 Å². The smallest absolute Gasteiger partial charge is 0.180 e. The van der Waals surface area contributed by atoms with Crippen molar-refractivity contribution in [3.8, 4) is 0 Å². The fourth-order valence-corrected chi connectivity index (χ4v) is 0.885. The quantitative estimate of drug-likeness (QED) is 0.182. The van der Waals surface area contributed by atoms with Gasteiger partial charge >= 0.3 is 0 Å². The van der Waals surface area contributed by atoms with Crippen molar-refractivity contribution in [1.82, 2.24) is 0 Å². The van der Waals surface area contributed by atoms with Crippen molar-refractivity contribution in [3.63, 3.8) is 0 Å². The zero-order valence-corrected chi connectivity index (χ0v) is 11.2. The Labute approximate surface area is 108 Å². The average Bonchev–Trinajstić information content (AvgIpc) is 2.39. The summed E-state index contributed by atoms with van der Waals surface area (Å²) in [5.41, 5.74) is 0. The molecule has 0 amide bonds. The maximum absolute atomic E-state index is 5.18. The number of hydrogen-bond donors (Lipinski definition) is 0. The number of hydrogen-bond acceptors (Lipinski definition) is 7. The molecule has 0 rings (SSSR count). The SMILES string of the molecule is COCCOCCOCOOCCOCCOC. The van der Waals surface area contributed by atoms with Gasteiger partial charge in [-0.25, -0.2) is 9.78 Å². The first-order chi connectivity index (χ1) is 8.91. The second-order valence-electron chi connectivity index (χ2n) is 3.18. The first-order valence-corrected chi connectivity index (χ1v) is 5.87. The van der Waals surface area contributed by atoms with Crippen molar-refractivity contribution in [1.29, 1.82) is 0 Å². The van der Waals surface area contributed by atoms with E-state index >= 15 is 0 Å². The summed E-state index contributed by atoms with van der Waals surface area (Å²) in [5.74, 6) is 0. The van der Waals surface area contributed by atoms with Crippen LogP contribution in [0, 0.1) is 0 Å². The molecule has 110 valence electrons. The molecule has 0 aliphatic carbocycles. The van der Waals surface area contributed by atoms with Gasteiger partial charge in [0.15, 0.2) is 6.79 Å². The summed E-state index contributed by atoms with van der Waals surface area (Å²) in [7, 11) is 3.25. The number of methoxy groups -OCH3 is 2. The van der Waals surface area contributed by atoms with E-state index in [-0.39, 0.29) is 6.79 Å². The first kappa shape index (κ1) is 17.7. The summed E-state index contributed by atoms with van der Waals surface area (Å²) in [4.78, 5) is 9.56. The third-order valence-corrected chi connectivity index (χ3v) is 1.76. The van der Waals surface area contributed by atoms with Crippen molar-refractivity contribution in [2.45, 2.75) is 0 Å². The van der Waals surface area contributed by atoms with Gasteiger partial charge < -0.3 is 23.7 Å². The summed E-state index contributed by atoms with van der Waals surface area (Å²) in [6, 6.07) is 0. The average molecular weight is 268 g/mol. The van der Waals surface area contributed by atoms with Crippen LogP contribution in [-0.2, 0) is 33.5 Å². The lowest BCUT2D eigenvalue weighted by atomic mass is 10.7. The largest absolute Gasteiger partial charge is 0.382 e. The van der Waals surface area contributed by atoms with Gasteiger partial charge in [0, 0.05) is 14.2 Å². The summed E-state index contributed by atoms with van der Waals surface area (Å²) in [6.45, 7) is 4.14. The Kier molecular flexibility index (Phi) is 16.5. The van der Waals surface area contributed by atoms with E-state index in [0.717, 1.165) is 0 Å². The van der Waals surface area contributed by atoms with E-state index in [4.69, 9.17) is 33.5 Å². The maximum atomic E-state index is 5.18. The summed E-state index contributed by atoms with van der Waals surface area (Å²) >= 11 is 0. The van der Waals surface area contributed by atoms with E-state index in [1.807, 2.05) is 0 Å². The summed E-state index contributed by atoms with van der Waals surface area (Å²) in [5, 5.41) is 0. The van der Waals surface area contributed by atoms with E-state index in [2.05, 4.69) is 0 Å². The Morgan fingerprint density at radius 3 is 1.61 bits per heavy atom. The van der Waals surface area contributed by atoms with E-state index in [9.17, 15) is 0 Å². The van der Waals surface area contributed by atoms with Crippen LogP contribution >= 0.6 is 0 Å². The minimum Gasteiger partial charge on any atom is -0.382 e. The van der Waals surface area contributed by atoms with Crippen LogP contribution in [0.15, 0.2) is 0 Å². The van der Waals surface area contributed by atoms with Gasteiger partial charge in [0.25, 0.3) is 0 Å². The van der Waals surface area contributed by atoms with E-state index in [0.29, 0.717) is 52.9 Å². The zero-order chi connectivity index (χ0) is 13.3. The molecule has 18 heavy (non-hydrogen) atoms. The fraction of sp³-hybridized carbons (Fsp3) is 1.00.